The molecule has 2 saturated heterocycles. The summed E-state index contributed by atoms with van der Waals surface area (Å²) in [5.74, 6) is 0.783. The number of ether oxygens (including phenoxy) is 2. The first-order chi connectivity index (χ1) is 6.87. The summed E-state index contributed by atoms with van der Waals surface area (Å²) >= 11 is 0. The van der Waals surface area contributed by atoms with Crippen LogP contribution >= 0.6 is 0 Å². The third kappa shape index (κ3) is 1.95. The lowest BCUT2D eigenvalue weighted by atomic mass is 9.68. The maximum Gasteiger partial charge on any atom is 0.0527 e. The van der Waals surface area contributed by atoms with Crippen molar-refractivity contribution in [1.82, 2.24) is 5.32 Å². The lowest BCUT2D eigenvalue weighted by Crippen LogP contribution is -2.47. The van der Waals surface area contributed by atoms with Crippen LogP contribution in [0.4, 0.5) is 0 Å². The molecule has 0 saturated carbocycles. The molecule has 0 radical (unpaired) electrons. The fourth-order valence-corrected chi connectivity index (χ4v) is 2.82. The van der Waals surface area contributed by atoms with Crippen molar-refractivity contribution in [2.45, 2.75) is 19.3 Å². The Morgan fingerprint density at radius 1 is 1.21 bits per heavy atom. The molecule has 14 heavy (non-hydrogen) atoms. The molecule has 1 N–H and O–H groups in total. The van der Waals surface area contributed by atoms with Gasteiger partial charge >= 0.3 is 0 Å². The van der Waals surface area contributed by atoms with Gasteiger partial charge in [-0.2, -0.15) is 0 Å². The van der Waals surface area contributed by atoms with Crippen molar-refractivity contribution >= 4 is 0 Å². The third-order valence-electron chi connectivity index (χ3n) is 3.81. The van der Waals surface area contributed by atoms with Gasteiger partial charge in [0.25, 0.3) is 0 Å². The van der Waals surface area contributed by atoms with E-state index in [9.17, 15) is 0 Å². The van der Waals surface area contributed by atoms with E-state index in [1.165, 1.54) is 19.3 Å². The predicted molar refractivity (Wildman–Crippen MR) is 55.3 cm³/mol. The summed E-state index contributed by atoms with van der Waals surface area (Å²) in [5, 5.41) is 3.31. The topological polar surface area (TPSA) is 30.5 Å². The third-order valence-corrected chi connectivity index (χ3v) is 3.81. The molecular weight excluding hydrogens is 178 g/mol. The Bertz CT molecular complexity index is 168. The second kappa shape index (κ2) is 4.60. The van der Waals surface area contributed by atoms with E-state index in [2.05, 4.69) is 5.32 Å². The second-order valence-corrected chi connectivity index (χ2v) is 4.57. The molecule has 2 rings (SSSR count). The monoisotopic (exact) mass is 199 g/mol. The summed E-state index contributed by atoms with van der Waals surface area (Å²) in [6, 6.07) is 0. The van der Waals surface area contributed by atoms with Gasteiger partial charge in [0.05, 0.1) is 6.61 Å². The van der Waals surface area contributed by atoms with E-state index < -0.39 is 0 Å². The summed E-state index contributed by atoms with van der Waals surface area (Å²) in [5.41, 5.74) is 0.416. The Balaban J connectivity index is 2.02. The summed E-state index contributed by atoms with van der Waals surface area (Å²) < 4.78 is 11.1. The molecule has 0 aliphatic carbocycles. The van der Waals surface area contributed by atoms with Crippen LogP contribution in [0.3, 0.4) is 0 Å². The molecule has 0 bridgehead atoms. The Morgan fingerprint density at radius 2 is 2.00 bits per heavy atom. The smallest absolute Gasteiger partial charge is 0.0527 e. The lowest BCUT2D eigenvalue weighted by molar-refractivity contribution is -0.106. The molecule has 0 aromatic rings. The van der Waals surface area contributed by atoms with E-state index in [1.54, 1.807) is 0 Å². The highest BCUT2D eigenvalue weighted by Gasteiger charge is 2.42. The molecule has 2 heterocycles. The first-order valence-corrected chi connectivity index (χ1v) is 5.67. The molecule has 3 nitrogen and oxygen atoms in total. The quantitative estimate of drug-likeness (QED) is 0.721. The van der Waals surface area contributed by atoms with E-state index in [0.29, 0.717) is 5.41 Å². The molecule has 3 heteroatoms. The molecule has 82 valence electrons. The van der Waals surface area contributed by atoms with Gasteiger partial charge in [0.1, 0.15) is 0 Å². The van der Waals surface area contributed by atoms with Crippen LogP contribution in [0, 0.1) is 11.3 Å². The summed E-state index contributed by atoms with van der Waals surface area (Å²) in [4.78, 5) is 0. The van der Waals surface area contributed by atoms with Crippen LogP contribution in [0.15, 0.2) is 0 Å². The van der Waals surface area contributed by atoms with Crippen molar-refractivity contribution in [3.63, 3.8) is 0 Å². The SMILES string of the molecule is CNCC1CCOCC12CCOCC2. The average Bonchev–Trinajstić information content (AvgIpc) is 2.23. The van der Waals surface area contributed by atoms with Crippen molar-refractivity contribution in [2.75, 3.05) is 40.0 Å². The number of rotatable bonds is 2. The van der Waals surface area contributed by atoms with Crippen molar-refractivity contribution in [1.29, 1.82) is 0 Å². The summed E-state index contributed by atoms with van der Waals surface area (Å²) in [6.07, 6.45) is 3.57. The minimum absolute atomic E-state index is 0.416. The average molecular weight is 199 g/mol. The maximum atomic E-state index is 5.66. The van der Waals surface area contributed by atoms with E-state index in [4.69, 9.17) is 9.47 Å². The zero-order chi connectivity index (χ0) is 9.86. The van der Waals surface area contributed by atoms with Crippen LogP contribution in [0.1, 0.15) is 19.3 Å². The van der Waals surface area contributed by atoms with Gasteiger partial charge in [-0.1, -0.05) is 0 Å². The van der Waals surface area contributed by atoms with Gasteiger partial charge in [0, 0.05) is 25.2 Å². The predicted octanol–water partition coefficient (Wildman–Crippen LogP) is 1.04. The van der Waals surface area contributed by atoms with Crippen LogP contribution in [-0.4, -0.2) is 40.0 Å². The maximum absolute atomic E-state index is 5.66. The summed E-state index contributed by atoms with van der Waals surface area (Å²) in [6.45, 7) is 4.86. The Morgan fingerprint density at radius 3 is 2.71 bits per heavy atom. The Hall–Kier alpha value is -0.120. The van der Waals surface area contributed by atoms with Gasteiger partial charge in [-0.3, -0.25) is 0 Å². The molecule has 0 aromatic heterocycles. The molecule has 2 aliphatic heterocycles. The number of hydrogen-bond acceptors (Lipinski definition) is 3. The highest BCUT2D eigenvalue weighted by Crippen LogP contribution is 2.42. The van der Waals surface area contributed by atoms with Crippen LogP contribution in [-0.2, 0) is 9.47 Å². The zero-order valence-electron chi connectivity index (χ0n) is 9.05. The van der Waals surface area contributed by atoms with Crippen LogP contribution < -0.4 is 5.32 Å². The van der Waals surface area contributed by atoms with Gasteiger partial charge in [0.2, 0.25) is 0 Å². The van der Waals surface area contributed by atoms with Crippen molar-refractivity contribution in [3.05, 3.63) is 0 Å². The summed E-state index contributed by atoms with van der Waals surface area (Å²) in [7, 11) is 2.04. The molecule has 1 spiro atoms. The fourth-order valence-electron chi connectivity index (χ4n) is 2.82. The minimum atomic E-state index is 0.416. The molecule has 0 aromatic carbocycles. The van der Waals surface area contributed by atoms with Crippen molar-refractivity contribution in [3.8, 4) is 0 Å². The first-order valence-electron chi connectivity index (χ1n) is 5.67. The molecule has 2 fully saturated rings. The van der Waals surface area contributed by atoms with Gasteiger partial charge in [-0.05, 0) is 38.8 Å². The van der Waals surface area contributed by atoms with Crippen molar-refractivity contribution in [2.24, 2.45) is 11.3 Å². The first kappa shape index (κ1) is 10.4. The minimum Gasteiger partial charge on any atom is -0.381 e. The van der Waals surface area contributed by atoms with E-state index in [1.807, 2.05) is 7.05 Å². The second-order valence-electron chi connectivity index (χ2n) is 4.57. The van der Waals surface area contributed by atoms with E-state index >= 15 is 0 Å². The fraction of sp³-hybridized carbons (Fsp3) is 1.00. The van der Waals surface area contributed by atoms with Gasteiger partial charge in [-0.15, -0.1) is 0 Å². The Kier molecular flexibility index (Phi) is 3.42. The highest BCUT2D eigenvalue weighted by molar-refractivity contribution is 4.91. The largest absolute Gasteiger partial charge is 0.381 e. The molecular formula is C11H21NO2. The van der Waals surface area contributed by atoms with Gasteiger partial charge in [0.15, 0.2) is 0 Å². The molecule has 0 amide bonds. The Labute approximate surface area is 86.2 Å². The zero-order valence-corrected chi connectivity index (χ0v) is 9.05. The van der Waals surface area contributed by atoms with Gasteiger partial charge in [-0.25, -0.2) is 0 Å². The number of hydrogen-bond donors (Lipinski definition) is 1. The van der Waals surface area contributed by atoms with E-state index in [-0.39, 0.29) is 0 Å². The molecule has 1 unspecified atom stereocenters. The van der Waals surface area contributed by atoms with Crippen molar-refractivity contribution < 1.29 is 9.47 Å². The van der Waals surface area contributed by atoms with Crippen LogP contribution in [0.2, 0.25) is 0 Å². The number of nitrogens with one attached hydrogen (secondary N) is 1. The lowest BCUT2D eigenvalue weighted by Gasteiger charge is -2.46. The normalized spacial score (nSPS) is 31.9. The highest BCUT2D eigenvalue weighted by atomic mass is 16.5. The molecule has 2 aliphatic rings. The van der Waals surface area contributed by atoms with Crippen LogP contribution in [0.5, 0.6) is 0 Å². The standard InChI is InChI=1S/C11H21NO2/c1-12-8-10-2-5-14-9-11(10)3-6-13-7-4-11/h10,12H,2-9H2,1H3. The molecule has 1 atom stereocenters. The van der Waals surface area contributed by atoms with E-state index in [0.717, 1.165) is 38.9 Å². The van der Waals surface area contributed by atoms with Crippen LogP contribution in [0.25, 0.3) is 0 Å². The van der Waals surface area contributed by atoms with Gasteiger partial charge < -0.3 is 14.8 Å².